The number of halogens is 1. The second kappa shape index (κ2) is 5.45. The summed E-state index contributed by atoms with van der Waals surface area (Å²) in [5.74, 6) is 1.23. The van der Waals surface area contributed by atoms with Crippen molar-refractivity contribution in [2.75, 3.05) is 18.0 Å². The molecular weight excluding hydrogens is 290 g/mol. The molecule has 0 N–H and O–H groups in total. The van der Waals surface area contributed by atoms with Crippen LogP contribution >= 0.6 is 11.6 Å². The van der Waals surface area contributed by atoms with E-state index in [1.807, 2.05) is 18.2 Å². The van der Waals surface area contributed by atoms with Gasteiger partial charge in [-0.2, -0.15) is 0 Å². The molecule has 0 radical (unpaired) electrons. The predicted octanol–water partition coefficient (Wildman–Crippen LogP) is 3.70. The Balaban J connectivity index is 2.12. The lowest BCUT2D eigenvalue weighted by atomic mass is 10.0. The molecule has 1 aliphatic rings. The van der Waals surface area contributed by atoms with Gasteiger partial charge in [0.2, 0.25) is 0 Å². The molecule has 5 heteroatoms. The number of rotatable bonds is 3. The van der Waals surface area contributed by atoms with Gasteiger partial charge in [-0.25, -0.2) is 4.79 Å². The van der Waals surface area contributed by atoms with Gasteiger partial charge >= 0.3 is 5.63 Å². The van der Waals surface area contributed by atoms with E-state index in [0.29, 0.717) is 17.4 Å². The first-order chi connectivity index (χ1) is 10.1. The van der Waals surface area contributed by atoms with Crippen molar-refractivity contribution in [1.29, 1.82) is 0 Å². The van der Waals surface area contributed by atoms with Crippen molar-refractivity contribution in [3.8, 4) is 17.1 Å². The number of fused-ring (bicyclic) bond motifs is 3. The number of benzene rings is 1. The van der Waals surface area contributed by atoms with Crippen LogP contribution in [0.5, 0.6) is 5.75 Å². The topological polar surface area (TPSA) is 42.7 Å². The summed E-state index contributed by atoms with van der Waals surface area (Å²) in [7, 11) is 0. The molecule has 0 saturated heterocycles. The van der Waals surface area contributed by atoms with E-state index in [2.05, 4.69) is 18.7 Å². The molecule has 0 spiro atoms. The minimum Gasteiger partial charge on any atom is -0.488 e. The molecule has 1 aliphatic heterocycles. The van der Waals surface area contributed by atoms with Crippen LogP contribution in [-0.2, 0) is 6.61 Å². The number of hydrogen-bond acceptors (Lipinski definition) is 4. The Hall–Kier alpha value is -1.94. The largest absolute Gasteiger partial charge is 0.488 e. The fourth-order valence-electron chi connectivity index (χ4n) is 2.60. The molecule has 21 heavy (non-hydrogen) atoms. The van der Waals surface area contributed by atoms with Crippen molar-refractivity contribution in [1.82, 2.24) is 0 Å². The van der Waals surface area contributed by atoms with Crippen LogP contribution in [0.2, 0.25) is 5.02 Å². The van der Waals surface area contributed by atoms with E-state index >= 15 is 0 Å². The predicted molar refractivity (Wildman–Crippen MR) is 83.3 cm³/mol. The van der Waals surface area contributed by atoms with Crippen LogP contribution in [0.15, 0.2) is 33.5 Å². The maximum Gasteiger partial charge on any atom is 0.337 e. The molecule has 1 aromatic heterocycles. The van der Waals surface area contributed by atoms with Crippen molar-refractivity contribution >= 4 is 17.3 Å². The average Bonchev–Trinajstić information content (AvgIpc) is 2.48. The first kappa shape index (κ1) is 14.0. The zero-order valence-corrected chi connectivity index (χ0v) is 12.7. The van der Waals surface area contributed by atoms with Gasteiger partial charge in [-0.15, -0.1) is 0 Å². The minimum atomic E-state index is -0.445. The van der Waals surface area contributed by atoms with Crippen LogP contribution in [0.4, 0.5) is 5.69 Å². The van der Waals surface area contributed by atoms with Crippen LogP contribution in [0.1, 0.15) is 19.4 Å². The Labute approximate surface area is 127 Å². The van der Waals surface area contributed by atoms with E-state index in [-0.39, 0.29) is 0 Å². The van der Waals surface area contributed by atoms with Crippen molar-refractivity contribution in [3.63, 3.8) is 0 Å². The highest BCUT2D eigenvalue weighted by Crippen LogP contribution is 2.41. The maximum absolute atomic E-state index is 11.5. The third kappa shape index (κ3) is 2.40. The Morgan fingerprint density at radius 2 is 2.00 bits per heavy atom. The molecule has 1 aromatic carbocycles. The Kier molecular flexibility index (Phi) is 3.64. The van der Waals surface area contributed by atoms with Crippen LogP contribution < -0.4 is 15.3 Å². The van der Waals surface area contributed by atoms with Gasteiger partial charge in [-0.05, 0) is 26.0 Å². The van der Waals surface area contributed by atoms with Gasteiger partial charge in [-0.1, -0.05) is 11.6 Å². The summed E-state index contributed by atoms with van der Waals surface area (Å²) < 4.78 is 11.1. The van der Waals surface area contributed by atoms with Gasteiger partial charge in [0, 0.05) is 30.9 Å². The molecule has 4 nitrogen and oxygen atoms in total. The third-order valence-electron chi connectivity index (χ3n) is 3.72. The minimum absolute atomic E-state index is 0.312. The SMILES string of the molecule is CCN(CC)c1ccc2c(c1)OCc1c(Cl)cc(=O)oc1-2. The molecule has 2 heterocycles. The number of nitrogens with zero attached hydrogens (tertiary/aromatic N) is 1. The van der Waals surface area contributed by atoms with E-state index in [1.54, 1.807) is 0 Å². The monoisotopic (exact) mass is 305 g/mol. The number of ether oxygens (including phenoxy) is 1. The van der Waals surface area contributed by atoms with Gasteiger partial charge in [0.25, 0.3) is 0 Å². The highest BCUT2D eigenvalue weighted by atomic mass is 35.5. The molecule has 0 saturated carbocycles. The third-order valence-corrected chi connectivity index (χ3v) is 4.06. The van der Waals surface area contributed by atoms with Crippen LogP contribution in [0.3, 0.4) is 0 Å². The zero-order valence-electron chi connectivity index (χ0n) is 12.0. The van der Waals surface area contributed by atoms with E-state index in [1.165, 1.54) is 6.07 Å². The lowest BCUT2D eigenvalue weighted by molar-refractivity contribution is 0.294. The van der Waals surface area contributed by atoms with Gasteiger partial charge in [0.15, 0.2) is 0 Å². The molecule has 110 valence electrons. The fourth-order valence-corrected chi connectivity index (χ4v) is 2.83. The molecule has 0 unspecified atom stereocenters. The van der Waals surface area contributed by atoms with E-state index < -0.39 is 5.63 Å². The highest BCUT2D eigenvalue weighted by molar-refractivity contribution is 6.31. The second-order valence-electron chi connectivity index (χ2n) is 4.86. The van der Waals surface area contributed by atoms with Crippen LogP contribution in [0.25, 0.3) is 11.3 Å². The molecule has 0 fully saturated rings. The molecular formula is C16H16ClNO3. The summed E-state index contributed by atoms with van der Waals surface area (Å²) in [6, 6.07) is 7.18. The van der Waals surface area contributed by atoms with Gasteiger partial charge in [-0.3, -0.25) is 0 Å². The highest BCUT2D eigenvalue weighted by Gasteiger charge is 2.23. The summed E-state index contributed by atoms with van der Waals surface area (Å²) in [6.45, 7) is 6.38. The van der Waals surface area contributed by atoms with Crippen molar-refractivity contribution in [3.05, 3.63) is 45.3 Å². The Morgan fingerprint density at radius 3 is 2.71 bits per heavy atom. The summed E-state index contributed by atoms with van der Waals surface area (Å²) >= 11 is 6.09. The quantitative estimate of drug-likeness (QED) is 0.867. The first-order valence-corrected chi connectivity index (χ1v) is 7.36. The normalized spacial score (nSPS) is 12.3. The van der Waals surface area contributed by atoms with Gasteiger partial charge in [0.05, 0.1) is 16.1 Å². The molecule has 0 aliphatic carbocycles. The average molecular weight is 306 g/mol. The summed E-state index contributed by atoms with van der Waals surface area (Å²) in [6.07, 6.45) is 0. The van der Waals surface area contributed by atoms with E-state index in [4.69, 9.17) is 20.8 Å². The van der Waals surface area contributed by atoms with Crippen molar-refractivity contribution in [2.24, 2.45) is 0 Å². The van der Waals surface area contributed by atoms with Crippen molar-refractivity contribution in [2.45, 2.75) is 20.5 Å². The molecule has 0 bridgehead atoms. The van der Waals surface area contributed by atoms with E-state index in [9.17, 15) is 4.79 Å². The lowest BCUT2D eigenvalue weighted by Gasteiger charge is -2.25. The molecule has 0 amide bonds. The fraction of sp³-hybridized carbons (Fsp3) is 0.312. The maximum atomic E-state index is 11.5. The zero-order chi connectivity index (χ0) is 15.0. The smallest absolute Gasteiger partial charge is 0.337 e. The number of hydrogen-bond donors (Lipinski definition) is 0. The second-order valence-corrected chi connectivity index (χ2v) is 5.27. The first-order valence-electron chi connectivity index (χ1n) is 6.98. The van der Waals surface area contributed by atoms with Crippen molar-refractivity contribution < 1.29 is 9.15 Å². The standard InChI is InChI=1S/C16H16ClNO3/c1-3-18(4-2)10-5-6-11-14(7-10)20-9-12-13(17)8-15(19)21-16(11)12/h5-8H,3-4,9H2,1-2H3. The van der Waals surface area contributed by atoms with Crippen LogP contribution in [-0.4, -0.2) is 13.1 Å². The summed E-state index contributed by atoms with van der Waals surface area (Å²) in [5, 5.41) is 0.389. The summed E-state index contributed by atoms with van der Waals surface area (Å²) in [4.78, 5) is 13.8. The van der Waals surface area contributed by atoms with E-state index in [0.717, 1.165) is 35.7 Å². The van der Waals surface area contributed by atoms with Crippen LogP contribution in [0, 0.1) is 0 Å². The Morgan fingerprint density at radius 1 is 1.24 bits per heavy atom. The summed E-state index contributed by atoms with van der Waals surface area (Å²) in [5.41, 5.74) is 2.14. The lowest BCUT2D eigenvalue weighted by Crippen LogP contribution is -2.22. The van der Waals surface area contributed by atoms with Gasteiger partial charge in [0.1, 0.15) is 18.1 Å². The van der Waals surface area contributed by atoms with Gasteiger partial charge < -0.3 is 14.1 Å². The molecule has 0 atom stereocenters. The molecule has 2 aromatic rings. The molecule has 3 rings (SSSR count). The number of anilines is 1. The Bertz CT molecular complexity index is 735.